The molecule has 23 heavy (non-hydrogen) atoms. The van der Waals surface area contributed by atoms with Crippen molar-refractivity contribution < 1.29 is 9.53 Å². The van der Waals surface area contributed by atoms with E-state index in [9.17, 15) is 4.79 Å². The molecular weight excluding hydrogens is 288 g/mol. The van der Waals surface area contributed by atoms with E-state index in [1.54, 1.807) is 0 Å². The zero-order valence-corrected chi connectivity index (χ0v) is 13.2. The van der Waals surface area contributed by atoms with Crippen molar-refractivity contribution in [1.29, 1.82) is 0 Å². The molecule has 0 aliphatic carbocycles. The van der Waals surface area contributed by atoms with Crippen LogP contribution in [0.2, 0.25) is 0 Å². The van der Waals surface area contributed by atoms with Crippen molar-refractivity contribution in [2.45, 2.75) is 25.4 Å². The molecule has 4 nitrogen and oxygen atoms in total. The number of rotatable bonds is 2. The number of hydrogen-bond donors (Lipinski definition) is 0. The first-order chi connectivity index (χ1) is 11.3. The number of amides is 1. The van der Waals surface area contributed by atoms with Crippen molar-refractivity contribution in [3.63, 3.8) is 0 Å². The van der Waals surface area contributed by atoms with E-state index in [1.165, 1.54) is 11.3 Å². The van der Waals surface area contributed by atoms with Crippen LogP contribution in [0.4, 0.5) is 0 Å². The van der Waals surface area contributed by atoms with Crippen LogP contribution in [0.5, 0.6) is 0 Å². The second kappa shape index (κ2) is 6.20. The molecule has 120 valence electrons. The first-order valence-corrected chi connectivity index (χ1v) is 8.43. The Morgan fingerprint density at radius 1 is 1.09 bits per heavy atom. The third-order valence-corrected chi connectivity index (χ3v) is 4.95. The van der Waals surface area contributed by atoms with Crippen LogP contribution >= 0.6 is 0 Å². The van der Waals surface area contributed by atoms with E-state index in [0.29, 0.717) is 6.61 Å². The van der Waals surface area contributed by atoms with Gasteiger partial charge >= 0.3 is 0 Å². The molecule has 0 radical (unpaired) electrons. The van der Waals surface area contributed by atoms with Crippen LogP contribution < -0.4 is 0 Å². The normalized spacial score (nSPS) is 24.3. The molecule has 1 saturated heterocycles. The third kappa shape index (κ3) is 2.68. The summed E-state index contributed by atoms with van der Waals surface area (Å²) in [6, 6.07) is 14.6. The number of aromatic nitrogens is 1. The molecule has 1 amide bonds. The molecule has 1 aromatic carbocycles. The molecule has 2 aliphatic rings. The summed E-state index contributed by atoms with van der Waals surface area (Å²) in [4.78, 5) is 15.2. The molecule has 0 unspecified atom stereocenters. The van der Waals surface area contributed by atoms with E-state index in [-0.39, 0.29) is 17.9 Å². The van der Waals surface area contributed by atoms with Crippen LogP contribution in [-0.2, 0) is 16.1 Å². The summed E-state index contributed by atoms with van der Waals surface area (Å²) in [5, 5.41) is 0. The molecule has 1 fully saturated rings. The summed E-state index contributed by atoms with van der Waals surface area (Å²) in [5.41, 5.74) is 2.38. The lowest BCUT2D eigenvalue weighted by molar-refractivity contribution is -0.142. The molecule has 0 bridgehead atoms. The Morgan fingerprint density at radius 3 is 2.74 bits per heavy atom. The van der Waals surface area contributed by atoms with Gasteiger partial charge in [0.25, 0.3) is 0 Å². The average molecular weight is 310 g/mol. The summed E-state index contributed by atoms with van der Waals surface area (Å²) in [6.45, 7) is 2.98. The number of ether oxygens (including phenoxy) is 1. The molecule has 3 heterocycles. The minimum Gasteiger partial charge on any atom is -0.381 e. The lowest BCUT2D eigenvalue weighted by Crippen LogP contribution is -2.46. The molecule has 2 aromatic rings. The second-order valence-corrected chi connectivity index (χ2v) is 6.39. The highest BCUT2D eigenvalue weighted by Gasteiger charge is 2.35. The van der Waals surface area contributed by atoms with E-state index < -0.39 is 0 Å². The fourth-order valence-corrected chi connectivity index (χ4v) is 3.78. The Hall–Kier alpha value is -2.07. The number of hydrogen-bond acceptors (Lipinski definition) is 2. The van der Waals surface area contributed by atoms with E-state index in [4.69, 9.17) is 4.74 Å². The van der Waals surface area contributed by atoms with Gasteiger partial charge < -0.3 is 14.2 Å². The average Bonchev–Trinajstić information content (AvgIpc) is 3.10. The first kappa shape index (κ1) is 14.5. The third-order valence-electron chi connectivity index (χ3n) is 4.95. The summed E-state index contributed by atoms with van der Waals surface area (Å²) < 4.78 is 7.80. The monoisotopic (exact) mass is 310 g/mol. The standard InChI is InChI=1S/C19H22N2O2/c22-19(16-8-5-13-23-14-16)21-12-11-20-10-4-9-17(20)18(21)15-6-2-1-3-7-15/h1-4,6-7,9-10,16,18H,5,8,11-14H2/t16-,18+/m1/s1. The Balaban J connectivity index is 1.69. The van der Waals surface area contributed by atoms with E-state index >= 15 is 0 Å². The van der Waals surface area contributed by atoms with Crippen molar-refractivity contribution in [3.05, 3.63) is 59.9 Å². The molecular formula is C19H22N2O2. The molecule has 1 aromatic heterocycles. The van der Waals surface area contributed by atoms with Crippen LogP contribution in [0.3, 0.4) is 0 Å². The Kier molecular flexibility index (Phi) is 3.92. The molecule has 0 spiro atoms. The number of fused-ring (bicyclic) bond motifs is 1. The van der Waals surface area contributed by atoms with Gasteiger partial charge in [-0.1, -0.05) is 30.3 Å². The van der Waals surface area contributed by atoms with Gasteiger partial charge in [0.05, 0.1) is 18.6 Å². The molecule has 2 aliphatic heterocycles. The molecule has 4 heteroatoms. The van der Waals surface area contributed by atoms with Crippen molar-refractivity contribution in [3.8, 4) is 0 Å². The molecule has 0 N–H and O–H groups in total. The summed E-state index contributed by atoms with van der Waals surface area (Å²) >= 11 is 0. The zero-order valence-electron chi connectivity index (χ0n) is 13.2. The smallest absolute Gasteiger partial charge is 0.228 e. The van der Waals surface area contributed by atoms with E-state index in [2.05, 4.69) is 39.9 Å². The van der Waals surface area contributed by atoms with Crippen molar-refractivity contribution >= 4 is 5.91 Å². The minimum atomic E-state index is 0.00868. The van der Waals surface area contributed by atoms with Crippen LogP contribution in [0.15, 0.2) is 48.7 Å². The first-order valence-electron chi connectivity index (χ1n) is 8.43. The fraction of sp³-hybridized carbons (Fsp3) is 0.421. The lowest BCUT2D eigenvalue weighted by Gasteiger charge is -2.39. The summed E-state index contributed by atoms with van der Waals surface area (Å²) in [6.07, 6.45) is 4.03. The van der Waals surface area contributed by atoms with E-state index in [1.807, 2.05) is 18.2 Å². The number of nitrogens with zero attached hydrogens (tertiary/aromatic N) is 2. The summed E-state index contributed by atoms with van der Waals surface area (Å²) in [7, 11) is 0. The van der Waals surface area contributed by atoms with Gasteiger partial charge in [0.2, 0.25) is 5.91 Å². The van der Waals surface area contributed by atoms with E-state index in [0.717, 1.165) is 32.5 Å². The molecule has 0 saturated carbocycles. The topological polar surface area (TPSA) is 34.5 Å². The van der Waals surface area contributed by atoms with Crippen molar-refractivity contribution in [2.24, 2.45) is 5.92 Å². The van der Waals surface area contributed by atoms with Gasteiger partial charge in [-0.05, 0) is 30.5 Å². The van der Waals surface area contributed by atoms with Crippen LogP contribution in [0.1, 0.15) is 30.1 Å². The summed E-state index contributed by atoms with van der Waals surface area (Å²) in [5.74, 6) is 0.252. The second-order valence-electron chi connectivity index (χ2n) is 6.39. The highest BCUT2D eigenvalue weighted by molar-refractivity contribution is 5.80. The van der Waals surface area contributed by atoms with Crippen molar-refractivity contribution in [1.82, 2.24) is 9.47 Å². The van der Waals surface area contributed by atoms with Gasteiger partial charge in [-0.25, -0.2) is 0 Å². The van der Waals surface area contributed by atoms with Gasteiger partial charge in [0.1, 0.15) is 0 Å². The Labute approximate surface area is 136 Å². The van der Waals surface area contributed by atoms with Gasteiger partial charge in [-0.15, -0.1) is 0 Å². The lowest BCUT2D eigenvalue weighted by atomic mass is 9.95. The maximum Gasteiger partial charge on any atom is 0.228 e. The maximum atomic E-state index is 13.1. The zero-order chi connectivity index (χ0) is 15.6. The van der Waals surface area contributed by atoms with Gasteiger partial charge in [-0.2, -0.15) is 0 Å². The van der Waals surface area contributed by atoms with Gasteiger partial charge in [0, 0.05) is 31.6 Å². The maximum absolute atomic E-state index is 13.1. The van der Waals surface area contributed by atoms with Crippen LogP contribution in [-0.4, -0.2) is 35.1 Å². The predicted molar refractivity (Wildman–Crippen MR) is 88.0 cm³/mol. The quantitative estimate of drug-likeness (QED) is 0.855. The number of carbonyl (C=O) groups is 1. The Bertz CT molecular complexity index is 674. The van der Waals surface area contributed by atoms with Crippen molar-refractivity contribution in [2.75, 3.05) is 19.8 Å². The number of benzene rings is 1. The minimum absolute atomic E-state index is 0.00868. The molecule has 4 rings (SSSR count). The van der Waals surface area contributed by atoms with Gasteiger partial charge in [0.15, 0.2) is 0 Å². The highest BCUT2D eigenvalue weighted by atomic mass is 16.5. The van der Waals surface area contributed by atoms with Crippen LogP contribution in [0, 0.1) is 5.92 Å². The largest absolute Gasteiger partial charge is 0.381 e. The highest BCUT2D eigenvalue weighted by Crippen LogP contribution is 2.34. The Morgan fingerprint density at radius 2 is 1.96 bits per heavy atom. The fourth-order valence-electron chi connectivity index (χ4n) is 3.78. The number of carbonyl (C=O) groups excluding carboxylic acids is 1. The van der Waals surface area contributed by atoms with Gasteiger partial charge in [-0.3, -0.25) is 4.79 Å². The molecule has 2 atom stereocenters. The predicted octanol–water partition coefficient (Wildman–Crippen LogP) is 2.85. The van der Waals surface area contributed by atoms with Crippen LogP contribution in [0.25, 0.3) is 0 Å². The SMILES string of the molecule is O=C([C@@H]1CCCOC1)N1CCn2cccc2[C@@H]1c1ccccc1.